The predicted octanol–water partition coefficient (Wildman–Crippen LogP) is 0.310. The van der Waals surface area contributed by atoms with E-state index in [-0.39, 0.29) is 17.7 Å². The number of nitrogens with one attached hydrogen (secondary N) is 1. The minimum Gasteiger partial charge on any atom is -0.355 e. The van der Waals surface area contributed by atoms with Gasteiger partial charge in [0, 0.05) is 32.8 Å². The Morgan fingerprint density at radius 2 is 2.29 bits per heavy atom. The summed E-state index contributed by atoms with van der Waals surface area (Å²) in [4.78, 5) is 11.8. The monoisotopic (exact) mass is 238 g/mol. The van der Waals surface area contributed by atoms with E-state index in [1.54, 1.807) is 4.68 Å². The third kappa shape index (κ3) is 4.19. The first-order valence-corrected chi connectivity index (χ1v) is 6.01. The van der Waals surface area contributed by atoms with Crippen LogP contribution in [0.2, 0.25) is 0 Å². The van der Waals surface area contributed by atoms with Crippen molar-refractivity contribution in [3.63, 3.8) is 0 Å². The van der Waals surface area contributed by atoms with E-state index in [0.29, 0.717) is 13.1 Å². The highest BCUT2D eigenvalue weighted by atomic mass is 16.1. The number of carbonyl (C=O) groups is 1. The third-order valence-corrected chi connectivity index (χ3v) is 2.84. The van der Waals surface area contributed by atoms with Crippen LogP contribution in [0.25, 0.3) is 0 Å². The first-order valence-electron chi connectivity index (χ1n) is 6.01. The Morgan fingerprint density at radius 3 is 2.76 bits per heavy atom. The lowest BCUT2D eigenvalue weighted by Crippen LogP contribution is -2.38. The molecule has 1 aromatic rings. The number of carbonyl (C=O) groups excluding carboxylic acids is 1. The molecule has 3 N–H and O–H groups in total. The zero-order valence-corrected chi connectivity index (χ0v) is 10.8. The van der Waals surface area contributed by atoms with Gasteiger partial charge in [-0.1, -0.05) is 13.8 Å². The van der Waals surface area contributed by atoms with Crippen LogP contribution >= 0.6 is 0 Å². The van der Waals surface area contributed by atoms with Crippen LogP contribution in [-0.2, 0) is 18.3 Å². The summed E-state index contributed by atoms with van der Waals surface area (Å²) in [5, 5.41) is 7.15. The zero-order valence-electron chi connectivity index (χ0n) is 10.8. The molecular formula is C12H22N4O. The van der Waals surface area contributed by atoms with E-state index in [1.807, 2.05) is 33.2 Å². The second-order valence-electron chi connectivity index (χ2n) is 4.61. The Morgan fingerprint density at radius 1 is 1.59 bits per heavy atom. The van der Waals surface area contributed by atoms with Gasteiger partial charge < -0.3 is 11.1 Å². The fourth-order valence-electron chi connectivity index (χ4n) is 1.72. The molecule has 1 atom stereocenters. The summed E-state index contributed by atoms with van der Waals surface area (Å²) < 4.78 is 1.76. The van der Waals surface area contributed by atoms with Crippen molar-refractivity contribution in [3.05, 3.63) is 18.0 Å². The van der Waals surface area contributed by atoms with E-state index in [9.17, 15) is 4.79 Å². The average molecular weight is 238 g/mol. The maximum absolute atomic E-state index is 11.8. The van der Waals surface area contributed by atoms with Crippen LogP contribution in [0.3, 0.4) is 0 Å². The van der Waals surface area contributed by atoms with Gasteiger partial charge in [-0.3, -0.25) is 9.48 Å². The molecule has 96 valence electrons. The summed E-state index contributed by atoms with van der Waals surface area (Å²) in [7, 11) is 1.88. The zero-order chi connectivity index (χ0) is 12.8. The second-order valence-corrected chi connectivity index (χ2v) is 4.61. The van der Waals surface area contributed by atoms with Crippen molar-refractivity contribution in [1.82, 2.24) is 15.1 Å². The van der Waals surface area contributed by atoms with Crippen LogP contribution in [0, 0.1) is 11.8 Å². The van der Waals surface area contributed by atoms with Gasteiger partial charge in [0.05, 0.1) is 11.6 Å². The molecule has 0 saturated carbocycles. The smallest absolute Gasteiger partial charge is 0.224 e. The molecule has 0 aliphatic heterocycles. The average Bonchev–Trinajstić information content (AvgIpc) is 2.64. The quantitative estimate of drug-likeness (QED) is 0.749. The Kier molecular flexibility index (Phi) is 5.15. The molecule has 0 fully saturated rings. The van der Waals surface area contributed by atoms with E-state index in [4.69, 9.17) is 5.73 Å². The first-order chi connectivity index (χ1) is 8.04. The largest absolute Gasteiger partial charge is 0.355 e. The van der Waals surface area contributed by atoms with E-state index in [1.165, 1.54) is 0 Å². The van der Waals surface area contributed by atoms with Crippen LogP contribution in [0.1, 0.15) is 19.5 Å². The van der Waals surface area contributed by atoms with Gasteiger partial charge in [0.1, 0.15) is 0 Å². The summed E-state index contributed by atoms with van der Waals surface area (Å²) in [5.41, 5.74) is 6.57. The van der Waals surface area contributed by atoms with Gasteiger partial charge in [0.15, 0.2) is 0 Å². The van der Waals surface area contributed by atoms with E-state index >= 15 is 0 Å². The van der Waals surface area contributed by atoms with Crippen molar-refractivity contribution < 1.29 is 4.79 Å². The molecule has 0 saturated heterocycles. The lowest BCUT2D eigenvalue weighted by Gasteiger charge is -2.17. The van der Waals surface area contributed by atoms with Crippen LogP contribution in [0.4, 0.5) is 0 Å². The van der Waals surface area contributed by atoms with Crippen LogP contribution in [0.5, 0.6) is 0 Å². The van der Waals surface area contributed by atoms with Crippen molar-refractivity contribution in [3.8, 4) is 0 Å². The fraction of sp³-hybridized carbons (Fsp3) is 0.667. The molecule has 5 heteroatoms. The SMILES string of the molecule is CC(C)C(CN)C(=O)NCCc1ccn(C)n1. The van der Waals surface area contributed by atoms with Crippen LogP contribution in [0.15, 0.2) is 12.3 Å². The minimum atomic E-state index is -0.0984. The Labute approximate surface area is 102 Å². The number of aromatic nitrogens is 2. The normalized spacial score (nSPS) is 12.8. The molecule has 1 amide bonds. The number of nitrogens with zero attached hydrogens (tertiary/aromatic N) is 2. The molecule has 0 bridgehead atoms. The third-order valence-electron chi connectivity index (χ3n) is 2.84. The number of hydrogen-bond donors (Lipinski definition) is 2. The maximum atomic E-state index is 11.8. The molecule has 1 unspecified atom stereocenters. The topological polar surface area (TPSA) is 72.9 Å². The molecule has 5 nitrogen and oxygen atoms in total. The standard InChI is InChI=1S/C12H22N4O/c1-9(2)11(8-13)12(17)14-6-4-10-5-7-16(3)15-10/h5,7,9,11H,4,6,8,13H2,1-3H3,(H,14,17). The molecule has 1 heterocycles. The summed E-state index contributed by atoms with van der Waals surface area (Å²) in [6.45, 7) is 5.03. The molecule has 0 radical (unpaired) electrons. The van der Waals surface area contributed by atoms with Crippen molar-refractivity contribution in [2.75, 3.05) is 13.1 Å². The highest BCUT2D eigenvalue weighted by Crippen LogP contribution is 2.08. The molecule has 0 aliphatic rings. The molecular weight excluding hydrogens is 216 g/mol. The Hall–Kier alpha value is -1.36. The van der Waals surface area contributed by atoms with Gasteiger partial charge in [-0.25, -0.2) is 0 Å². The summed E-state index contributed by atoms with van der Waals surface area (Å²) in [5.74, 6) is 0.215. The van der Waals surface area contributed by atoms with E-state index in [0.717, 1.165) is 12.1 Å². The van der Waals surface area contributed by atoms with Crippen LogP contribution in [-0.4, -0.2) is 28.8 Å². The highest BCUT2D eigenvalue weighted by Gasteiger charge is 2.19. The first kappa shape index (κ1) is 13.7. The molecule has 1 rings (SSSR count). The fourth-order valence-corrected chi connectivity index (χ4v) is 1.72. The Bertz CT molecular complexity index is 359. The Balaban J connectivity index is 2.33. The number of hydrogen-bond acceptors (Lipinski definition) is 3. The molecule has 0 aromatic carbocycles. The van der Waals surface area contributed by atoms with E-state index in [2.05, 4.69) is 10.4 Å². The maximum Gasteiger partial charge on any atom is 0.224 e. The molecule has 1 aromatic heterocycles. The number of rotatable bonds is 6. The van der Waals surface area contributed by atoms with Crippen molar-refractivity contribution in [1.29, 1.82) is 0 Å². The van der Waals surface area contributed by atoms with Crippen molar-refractivity contribution >= 4 is 5.91 Å². The predicted molar refractivity (Wildman–Crippen MR) is 67.3 cm³/mol. The molecule has 17 heavy (non-hydrogen) atoms. The molecule has 0 spiro atoms. The second kappa shape index (κ2) is 6.39. The van der Waals surface area contributed by atoms with Gasteiger partial charge >= 0.3 is 0 Å². The number of aryl methyl sites for hydroxylation is 1. The molecule has 0 aliphatic carbocycles. The summed E-state index contributed by atoms with van der Waals surface area (Å²) >= 11 is 0. The summed E-state index contributed by atoms with van der Waals surface area (Å²) in [6, 6.07) is 1.95. The van der Waals surface area contributed by atoms with Gasteiger partial charge in [0.25, 0.3) is 0 Å². The van der Waals surface area contributed by atoms with Gasteiger partial charge in [0.2, 0.25) is 5.91 Å². The number of nitrogens with two attached hydrogens (primary N) is 1. The van der Waals surface area contributed by atoms with Crippen LogP contribution < -0.4 is 11.1 Å². The van der Waals surface area contributed by atoms with E-state index < -0.39 is 0 Å². The van der Waals surface area contributed by atoms with Gasteiger partial charge in [-0.15, -0.1) is 0 Å². The van der Waals surface area contributed by atoms with Crippen molar-refractivity contribution in [2.45, 2.75) is 20.3 Å². The summed E-state index contributed by atoms with van der Waals surface area (Å²) in [6.07, 6.45) is 2.65. The van der Waals surface area contributed by atoms with Crippen molar-refractivity contribution in [2.24, 2.45) is 24.6 Å². The lowest BCUT2D eigenvalue weighted by molar-refractivity contribution is -0.125. The number of amides is 1. The van der Waals surface area contributed by atoms with Gasteiger partial charge in [-0.05, 0) is 12.0 Å². The lowest BCUT2D eigenvalue weighted by atomic mass is 9.95. The highest BCUT2D eigenvalue weighted by molar-refractivity contribution is 5.79. The van der Waals surface area contributed by atoms with Gasteiger partial charge in [-0.2, -0.15) is 5.10 Å². The minimum absolute atomic E-state index is 0.0402.